The number of nitrogens with zero attached hydrogens (tertiary/aromatic N) is 1. The minimum Gasteiger partial charge on any atom is -0.375 e. The van der Waals surface area contributed by atoms with Crippen LogP contribution in [0.5, 0.6) is 0 Å². The Hall–Kier alpha value is -1.03. The fourth-order valence-electron chi connectivity index (χ4n) is 1.69. The first-order valence-electron chi connectivity index (χ1n) is 5.95. The van der Waals surface area contributed by atoms with Crippen molar-refractivity contribution in [3.05, 3.63) is 12.2 Å². The van der Waals surface area contributed by atoms with E-state index in [2.05, 4.69) is 11.9 Å². The van der Waals surface area contributed by atoms with Crippen LogP contribution in [0.2, 0.25) is 0 Å². The van der Waals surface area contributed by atoms with Gasteiger partial charge in [0.15, 0.2) is 0 Å². The smallest absolute Gasteiger partial charge is 0.317 e. The normalized spacial score (nSPS) is 15.9. The lowest BCUT2D eigenvalue weighted by molar-refractivity contribution is 0.150. The van der Waals surface area contributed by atoms with E-state index in [4.69, 9.17) is 4.74 Å². The van der Waals surface area contributed by atoms with Crippen LogP contribution in [0, 0.1) is 0 Å². The average Bonchev–Trinajstić information content (AvgIpc) is 2.29. The minimum absolute atomic E-state index is 0.0404. The lowest BCUT2D eigenvalue weighted by atomic mass is 10.1. The number of hydrogen-bond acceptors (Lipinski definition) is 2. The second kappa shape index (κ2) is 7.28. The summed E-state index contributed by atoms with van der Waals surface area (Å²) >= 11 is 0. The summed E-state index contributed by atoms with van der Waals surface area (Å²) in [6, 6.07) is 0.0404. The zero-order valence-electron chi connectivity index (χ0n) is 10.1. The molecule has 0 unspecified atom stereocenters. The Morgan fingerprint density at radius 2 is 2.06 bits per heavy atom. The summed E-state index contributed by atoms with van der Waals surface area (Å²) < 4.78 is 5.30. The standard InChI is InChI=1S/C12H22N2O2/c1-11(2)10-16-9-6-13-12(15)14-7-4-3-5-8-14/h1,3-10H2,2H3,(H,13,15). The van der Waals surface area contributed by atoms with Gasteiger partial charge in [-0.25, -0.2) is 4.79 Å². The van der Waals surface area contributed by atoms with Crippen molar-refractivity contribution in [3.63, 3.8) is 0 Å². The van der Waals surface area contributed by atoms with Crippen LogP contribution in [-0.2, 0) is 4.74 Å². The van der Waals surface area contributed by atoms with E-state index in [0.717, 1.165) is 31.5 Å². The van der Waals surface area contributed by atoms with Crippen molar-refractivity contribution in [2.24, 2.45) is 0 Å². The Bertz CT molecular complexity index is 235. The molecule has 2 amide bonds. The second-order valence-corrected chi connectivity index (χ2v) is 4.29. The first-order chi connectivity index (χ1) is 7.70. The summed E-state index contributed by atoms with van der Waals surface area (Å²) in [4.78, 5) is 13.5. The van der Waals surface area contributed by atoms with E-state index >= 15 is 0 Å². The van der Waals surface area contributed by atoms with Gasteiger partial charge in [-0.05, 0) is 26.2 Å². The third-order valence-electron chi connectivity index (χ3n) is 2.51. The molecule has 1 N–H and O–H groups in total. The molecule has 4 nitrogen and oxygen atoms in total. The molecule has 1 heterocycles. The quantitative estimate of drug-likeness (QED) is 0.573. The molecule has 1 rings (SSSR count). The highest BCUT2D eigenvalue weighted by molar-refractivity contribution is 5.74. The maximum atomic E-state index is 11.6. The Labute approximate surface area is 97.6 Å². The minimum atomic E-state index is 0.0404. The number of amides is 2. The maximum Gasteiger partial charge on any atom is 0.317 e. The Morgan fingerprint density at radius 3 is 2.69 bits per heavy atom. The largest absolute Gasteiger partial charge is 0.375 e. The lowest BCUT2D eigenvalue weighted by Gasteiger charge is -2.26. The van der Waals surface area contributed by atoms with E-state index in [1.807, 2.05) is 11.8 Å². The molecular formula is C12H22N2O2. The topological polar surface area (TPSA) is 41.6 Å². The summed E-state index contributed by atoms with van der Waals surface area (Å²) in [5.41, 5.74) is 1.00. The van der Waals surface area contributed by atoms with Crippen LogP contribution in [0.3, 0.4) is 0 Å². The Morgan fingerprint density at radius 1 is 1.38 bits per heavy atom. The number of hydrogen-bond donors (Lipinski definition) is 1. The Balaban J connectivity index is 2.03. The number of piperidine rings is 1. The summed E-state index contributed by atoms with van der Waals surface area (Å²) in [6.45, 7) is 9.13. The molecule has 0 aromatic carbocycles. The average molecular weight is 226 g/mol. The van der Waals surface area contributed by atoms with Crippen LogP contribution in [-0.4, -0.2) is 43.8 Å². The van der Waals surface area contributed by atoms with Crippen molar-refractivity contribution in [1.29, 1.82) is 0 Å². The number of carbonyl (C=O) groups is 1. The van der Waals surface area contributed by atoms with Gasteiger partial charge in [-0.3, -0.25) is 0 Å². The van der Waals surface area contributed by atoms with Gasteiger partial charge in [0.2, 0.25) is 0 Å². The fourth-order valence-corrected chi connectivity index (χ4v) is 1.69. The molecule has 0 aromatic heterocycles. The molecule has 0 saturated carbocycles. The van der Waals surface area contributed by atoms with E-state index in [0.29, 0.717) is 19.8 Å². The third-order valence-corrected chi connectivity index (χ3v) is 2.51. The molecule has 0 spiro atoms. The summed E-state index contributed by atoms with van der Waals surface area (Å²) in [5, 5.41) is 2.86. The van der Waals surface area contributed by atoms with E-state index in [1.165, 1.54) is 6.42 Å². The molecule has 0 bridgehead atoms. The van der Waals surface area contributed by atoms with Crippen molar-refractivity contribution >= 4 is 6.03 Å². The number of ether oxygens (including phenoxy) is 1. The van der Waals surface area contributed by atoms with Crippen molar-refractivity contribution in [3.8, 4) is 0 Å². The molecule has 0 atom stereocenters. The predicted molar refractivity (Wildman–Crippen MR) is 64.5 cm³/mol. The second-order valence-electron chi connectivity index (χ2n) is 4.29. The molecule has 0 radical (unpaired) electrons. The lowest BCUT2D eigenvalue weighted by Crippen LogP contribution is -2.43. The van der Waals surface area contributed by atoms with Crippen LogP contribution in [0.1, 0.15) is 26.2 Å². The zero-order chi connectivity index (χ0) is 11.8. The van der Waals surface area contributed by atoms with Gasteiger partial charge in [-0.1, -0.05) is 12.2 Å². The first kappa shape index (κ1) is 13.0. The Kier molecular flexibility index (Phi) is 5.93. The van der Waals surface area contributed by atoms with Gasteiger partial charge in [0.1, 0.15) is 0 Å². The van der Waals surface area contributed by atoms with Gasteiger partial charge < -0.3 is 15.0 Å². The predicted octanol–water partition coefficient (Wildman–Crippen LogP) is 1.77. The van der Waals surface area contributed by atoms with Gasteiger partial charge in [0.05, 0.1) is 13.2 Å². The molecule has 1 fully saturated rings. The molecule has 0 aromatic rings. The third kappa shape index (κ3) is 5.16. The van der Waals surface area contributed by atoms with E-state index < -0.39 is 0 Å². The molecule has 4 heteroatoms. The van der Waals surface area contributed by atoms with Crippen LogP contribution in [0.15, 0.2) is 12.2 Å². The van der Waals surface area contributed by atoms with Crippen molar-refractivity contribution in [1.82, 2.24) is 10.2 Å². The molecule has 1 aliphatic rings. The van der Waals surface area contributed by atoms with Crippen LogP contribution >= 0.6 is 0 Å². The highest BCUT2D eigenvalue weighted by Gasteiger charge is 2.15. The van der Waals surface area contributed by atoms with Gasteiger partial charge in [-0.15, -0.1) is 0 Å². The van der Waals surface area contributed by atoms with Crippen LogP contribution in [0.4, 0.5) is 4.79 Å². The van der Waals surface area contributed by atoms with Crippen LogP contribution in [0.25, 0.3) is 0 Å². The van der Waals surface area contributed by atoms with E-state index in [-0.39, 0.29) is 6.03 Å². The highest BCUT2D eigenvalue weighted by Crippen LogP contribution is 2.07. The maximum absolute atomic E-state index is 11.6. The highest BCUT2D eigenvalue weighted by atomic mass is 16.5. The number of nitrogens with one attached hydrogen (secondary N) is 1. The molecule has 92 valence electrons. The van der Waals surface area contributed by atoms with Gasteiger partial charge in [-0.2, -0.15) is 0 Å². The molecule has 1 saturated heterocycles. The number of urea groups is 1. The fraction of sp³-hybridized carbons (Fsp3) is 0.750. The van der Waals surface area contributed by atoms with Crippen molar-refractivity contribution in [2.45, 2.75) is 26.2 Å². The molecule has 1 aliphatic heterocycles. The number of rotatable bonds is 5. The van der Waals surface area contributed by atoms with Gasteiger partial charge >= 0.3 is 6.03 Å². The molecule has 16 heavy (non-hydrogen) atoms. The van der Waals surface area contributed by atoms with Crippen LogP contribution < -0.4 is 5.32 Å². The zero-order valence-corrected chi connectivity index (χ0v) is 10.1. The first-order valence-corrected chi connectivity index (χ1v) is 5.95. The van der Waals surface area contributed by atoms with Crippen molar-refractivity contribution in [2.75, 3.05) is 32.8 Å². The summed E-state index contributed by atoms with van der Waals surface area (Å²) in [6.07, 6.45) is 3.49. The number of likely N-dealkylation sites (tertiary alicyclic amines) is 1. The summed E-state index contributed by atoms with van der Waals surface area (Å²) in [7, 11) is 0. The van der Waals surface area contributed by atoms with Gasteiger partial charge in [0.25, 0.3) is 0 Å². The van der Waals surface area contributed by atoms with E-state index in [1.54, 1.807) is 0 Å². The monoisotopic (exact) mass is 226 g/mol. The number of carbonyl (C=O) groups excluding carboxylic acids is 1. The SMILES string of the molecule is C=C(C)COCCNC(=O)N1CCCCC1. The molecular weight excluding hydrogens is 204 g/mol. The molecule has 0 aliphatic carbocycles. The summed E-state index contributed by atoms with van der Waals surface area (Å²) in [5.74, 6) is 0. The van der Waals surface area contributed by atoms with E-state index in [9.17, 15) is 4.79 Å². The van der Waals surface area contributed by atoms with Crippen molar-refractivity contribution < 1.29 is 9.53 Å². The van der Waals surface area contributed by atoms with Gasteiger partial charge in [0, 0.05) is 19.6 Å².